The summed E-state index contributed by atoms with van der Waals surface area (Å²) >= 11 is 0. The number of ether oxygens (including phenoxy) is 2. The first-order chi connectivity index (χ1) is 21.4. The van der Waals surface area contributed by atoms with E-state index in [1.807, 2.05) is 48.5 Å². The minimum Gasteiger partial charge on any atom is -0.497 e. The number of aliphatic hydroxyl groups is 2. The first-order valence-corrected chi connectivity index (χ1v) is 15.7. The number of para-hydroxylation sites is 1. The minimum atomic E-state index is -1.92. The number of carbonyl (C=O) groups excluding carboxylic acids is 2. The predicted octanol–water partition coefficient (Wildman–Crippen LogP) is 5.96. The van der Waals surface area contributed by atoms with Crippen molar-refractivity contribution >= 4 is 11.8 Å². The van der Waals surface area contributed by atoms with E-state index in [0.717, 1.165) is 12.1 Å². The van der Waals surface area contributed by atoms with Gasteiger partial charge in [0, 0.05) is 11.8 Å². The highest BCUT2D eigenvalue weighted by Crippen LogP contribution is 2.62. The van der Waals surface area contributed by atoms with Crippen LogP contribution < -0.4 is 4.74 Å². The van der Waals surface area contributed by atoms with Gasteiger partial charge in [-0.1, -0.05) is 51.6 Å². The second-order valence-electron chi connectivity index (χ2n) is 13.7. The Hall–Kier alpha value is -4.01. The number of rotatable bonds is 5. The summed E-state index contributed by atoms with van der Waals surface area (Å²) in [6.45, 7) is 12.3. The minimum absolute atomic E-state index is 0.0109. The van der Waals surface area contributed by atoms with E-state index in [-0.39, 0.29) is 23.3 Å². The number of aromatic nitrogens is 2. The zero-order valence-electron chi connectivity index (χ0n) is 26.6. The van der Waals surface area contributed by atoms with Crippen LogP contribution in [0.4, 0.5) is 0 Å². The Morgan fingerprint density at radius 1 is 1.11 bits per heavy atom. The summed E-state index contributed by atoms with van der Waals surface area (Å²) in [5.74, 6) is -1.37. The summed E-state index contributed by atoms with van der Waals surface area (Å²) in [5.41, 5.74) is 1.21. The number of Topliss-reactive ketones (excluding diaryl/α,β-unsaturated/α-hetero) is 1. The quantitative estimate of drug-likeness (QED) is 0.271. The number of methoxy groups -OCH3 is 1. The Morgan fingerprint density at radius 2 is 1.80 bits per heavy atom. The largest absolute Gasteiger partial charge is 0.497 e. The number of benzene rings is 2. The van der Waals surface area contributed by atoms with Crippen molar-refractivity contribution in [2.75, 3.05) is 7.11 Å². The lowest BCUT2D eigenvalue weighted by atomic mass is 9.77. The molecule has 6 rings (SSSR count). The Kier molecular flexibility index (Phi) is 7.86. The van der Waals surface area contributed by atoms with Gasteiger partial charge in [-0.15, -0.1) is 0 Å². The molecule has 2 fully saturated rings. The van der Waals surface area contributed by atoms with Crippen molar-refractivity contribution in [3.8, 4) is 22.7 Å². The van der Waals surface area contributed by atoms with E-state index < -0.39 is 41.4 Å². The number of allylic oxidation sites excluding steroid dienone is 1. The highest BCUT2D eigenvalue weighted by atomic mass is 16.5. The lowest BCUT2D eigenvalue weighted by Gasteiger charge is -2.36. The van der Waals surface area contributed by atoms with Crippen molar-refractivity contribution in [2.45, 2.75) is 64.8 Å². The summed E-state index contributed by atoms with van der Waals surface area (Å²) < 4.78 is 13.2. The first-order valence-electron chi connectivity index (χ1n) is 15.7. The number of nitrogens with zero attached hydrogens (tertiary/aromatic N) is 2. The maximum Gasteiger partial charge on any atom is 0.342 e. The molecule has 2 aromatic carbocycles. The second-order valence-corrected chi connectivity index (χ2v) is 13.7. The van der Waals surface area contributed by atoms with Gasteiger partial charge in [0.1, 0.15) is 28.7 Å². The third-order valence-electron chi connectivity index (χ3n) is 10.5. The van der Waals surface area contributed by atoms with Gasteiger partial charge in [-0.3, -0.25) is 4.79 Å². The Labute approximate surface area is 264 Å². The summed E-state index contributed by atoms with van der Waals surface area (Å²) in [6, 6.07) is 16.7. The van der Waals surface area contributed by atoms with Crippen LogP contribution in [0.25, 0.3) is 16.9 Å². The monoisotopic (exact) mass is 610 g/mol. The Balaban J connectivity index is 1.41. The van der Waals surface area contributed by atoms with Crippen molar-refractivity contribution in [1.82, 2.24) is 9.78 Å². The fourth-order valence-electron chi connectivity index (χ4n) is 7.68. The highest BCUT2D eigenvalue weighted by molar-refractivity contribution is 6.02. The van der Waals surface area contributed by atoms with E-state index in [0.29, 0.717) is 40.5 Å². The van der Waals surface area contributed by atoms with E-state index in [1.165, 1.54) is 0 Å². The van der Waals surface area contributed by atoms with Gasteiger partial charge in [0.05, 0.1) is 24.8 Å². The average Bonchev–Trinajstić information content (AvgIpc) is 3.29. The Morgan fingerprint density at radius 3 is 2.47 bits per heavy atom. The molecular weight excluding hydrogens is 568 g/mol. The summed E-state index contributed by atoms with van der Waals surface area (Å²) in [7, 11) is 1.59. The van der Waals surface area contributed by atoms with Crippen LogP contribution in [0.1, 0.15) is 57.3 Å². The lowest BCUT2D eigenvalue weighted by molar-refractivity contribution is -0.144. The van der Waals surface area contributed by atoms with Gasteiger partial charge in [0.2, 0.25) is 0 Å². The van der Waals surface area contributed by atoms with Crippen molar-refractivity contribution in [3.05, 3.63) is 90.2 Å². The molecule has 0 saturated heterocycles. The van der Waals surface area contributed by atoms with E-state index >= 15 is 0 Å². The molecule has 0 spiro atoms. The fourth-order valence-corrected chi connectivity index (χ4v) is 7.68. The third-order valence-corrected chi connectivity index (χ3v) is 10.5. The summed E-state index contributed by atoms with van der Waals surface area (Å²) in [4.78, 5) is 28.2. The van der Waals surface area contributed by atoms with E-state index in [9.17, 15) is 19.8 Å². The third kappa shape index (κ3) is 5.34. The molecule has 236 valence electrons. The van der Waals surface area contributed by atoms with Gasteiger partial charge in [0.25, 0.3) is 0 Å². The molecular formula is C37H42N2O6. The molecule has 2 N–H and O–H groups in total. The molecule has 2 saturated carbocycles. The van der Waals surface area contributed by atoms with Crippen molar-refractivity contribution in [2.24, 2.45) is 29.1 Å². The maximum atomic E-state index is 14.2. The van der Waals surface area contributed by atoms with Gasteiger partial charge in [-0.25, -0.2) is 9.48 Å². The lowest BCUT2D eigenvalue weighted by Crippen LogP contribution is -2.52. The number of carbonyl (C=O) groups is 2. The van der Waals surface area contributed by atoms with Crippen LogP contribution in [0.5, 0.6) is 5.75 Å². The first kappa shape index (κ1) is 31.0. The molecule has 3 aromatic rings. The smallest absolute Gasteiger partial charge is 0.342 e. The van der Waals surface area contributed by atoms with Gasteiger partial charge >= 0.3 is 5.97 Å². The second kappa shape index (κ2) is 11.4. The summed E-state index contributed by atoms with van der Waals surface area (Å²) in [6.07, 6.45) is 2.83. The van der Waals surface area contributed by atoms with Gasteiger partial charge in [-0.2, -0.15) is 5.10 Å². The van der Waals surface area contributed by atoms with Crippen molar-refractivity contribution in [3.63, 3.8) is 0 Å². The van der Waals surface area contributed by atoms with Crippen LogP contribution in [-0.4, -0.2) is 56.7 Å². The normalized spacial score (nSPS) is 32.0. The molecule has 3 aliphatic carbocycles. The van der Waals surface area contributed by atoms with Crippen LogP contribution in [0, 0.1) is 29.1 Å². The number of fused-ring (bicyclic) bond motifs is 2. The molecule has 7 atom stereocenters. The summed E-state index contributed by atoms with van der Waals surface area (Å²) in [5, 5.41) is 28.4. The van der Waals surface area contributed by atoms with Crippen LogP contribution in [0.15, 0.2) is 84.6 Å². The molecule has 0 aliphatic heterocycles. The molecule has 8 nitrogen and oxygen atoms in total. The van der Waals surface area contributed by atoms with Crippen molar-refractivity contribution < 1.29 is 29.3 Å². The van der Waals surface area contributed by atoms with Crippen LogP contribution in [-0.2, 0) is 9.53 Å². The van der Waals surface area contributed by atoms with Crippen LogP contribution >= 0.6 is 0 Å². The van der Waals surface area contributed by atoms with Crippen molar-refractivity contribution in [1.29, 1.82) is 0 Å². The highest BCUT2D eigenvalue weighted by Gasteiger charge is 2.61. The molecule has 1 aromatic heterocycles. The standard InChI is InChI=1S/C37H42N2O6/c1-21-12-17-28-29(36(28,4)5)18-22(2)34(41)37(43)19-23(3)32(40)30(37)33(21)45-35(42)27-20-39(25-10-8-7-9-11-25)38-31(27)24-13-15-26(44-6)16-14-24/h7-11,13-16,18,20,23,28-30,32-33,40,43H,1,12,17,19H2,2-6H3/b22-18+/t23-,28-,29+,30+,32-,33-,37+/m0/s1. The predicted molar refractivity (Wildman–Crippen MR) is 171 cm³/mol. The van der Waals surface area contributed by atoms with E-state index in [1.54, 1.807) is 44.0 Å². The maximum absolute atomic E-state index is 14.2. The zero-order valence-corrected chi connectivity index (χ0v) is 26.6. The zero-order chi connectivity index (χ0) is 32.3. The fraction of sp³-hybridized carbons (Fsp3) is 0.432. The SMILES string of the molecule is C=C1CC[C@H]2[C@@H](/C=C(\C)C(=O)[C@@]3(O)C[C@H](C)[C@H](O)[C@@H]3[C@H]1OC(=O)c1cn(-c3ccccc3)nc1-c1ccc(OC)cc1)C2(C)C. The van der Waals surface area contributed by atoms with E-state index in [4.69, 9.17) is 14.6 Å². The molecule has 0 radical (unpaired) electrons. The van der Waals surface area contributed by atoms with Gasteiger partial charge in [-0.05, 0) is 96.9 Å². The molecule has 0 unspecified atom stereocenters. The molecule has 45 heavy (non-hydrogen) atoms. The van der Waals surface area contributed by atoms with Gasteiger partial charge < -0.3 is 19.7 Å². The molecule has 0 bridgehead atoms. The molecule has 3 aliphatic rings. The number of hydrogen-bond acceptors (Lipinski definition) is 7. The van der Waals surface area contributed by atoms with Crippen LogP contribution in [0.2, 0.25) is 0 Å². The Bertz CT molecular complexity index is 1660. The number of ketones is 1. The van der Waals surface area contributed by atoms with Crippen LogP contribution in [0.3, 0.4) is 0 Å². The van der Waals surface area contributed by atoms with E-state index in [2.05, 4.69) is 20.4 Å². The molecule has 0 amide bonds. The molecule has 1 heterocycles. The average molecular weight is 611 g/mol. The number of hydrogen-bond donors (Lipinski definition) is 2. The number of aliphatic hydroxyl groups excluding tert-OH is 1. The number of esters is 1. The topological polar surface area (TPSA) is 111 Å². The molecule has 8 heteroatoms. The van der Waals surface area contributed by atoms with Gasteiger partial charge in [0.15, 0.2) is 5.78 Å².